The molecule has 4 heteroatoms. The van der Waals surface area contributed by atoms with E-state index in [2.05, 4.69) is 30.6 Å². The van der Waals surface area contributed by atoms with Gasteiger partial charge < -0.3 is 15.5 Å². The Morgan fingerprint density at radius 2 is 1.71 bits per heavy atom. The maximum atomic E-state index is 12.8. The summed E-state index contributed by atoms with van der Waals surface area (Å²) in [6, 6.07) is 0. The average molecular weight is 297 g/mol. The first-order valence-corrected chi connectivity index (χ1v) is 8.89. The van der Waals surface area contributed by atoms with E-state index in [9.17, 15) is 4.79 Å². The Hall–Kier alpha value is -0.610. The van der Waals surface area contributed by atoms with Crippen LogP contribution in [0.5, 0.6) is 0 Å². The molecule has 1 aliphatic rings. The summed E-state index contributed by atoms with van der Waals surface area (Å²) < 4.78 is 0. The molecule has 2 unspecified atom stereocenters. The molecular weight excluding hydrogens is 262 g/mol. The molecule has 0 aliphatic heterocycles. The molecular formula is C17H35N3O. The first kappa shape index (κ1) is 18.4. The van der Waals surface area contributed by atoms with Crippen LogP contribution < -0.4 is 5.73 Å². The van der Waals surface area contributed by atoms with Gasteiger partial charge in [-0.25, -0.2) is 0 Å². The minimum absolute atomic E-state index is 0.178. The summed E-state index contributed by atoms with van der Waals surface area (Å²) in [4.78, 5) is 17.2. The third kappa shape index (κ3) is 5.59. The van der Waals surface area contributed by atoms with Crippen LogP contribution in [0.4, 0.5) is 0 Å². The minimum Gasteiger partial charge on any atom is -0.343 e. The highest BCUT2D eigenvalue weighted by Gasteiger charge is 2.32. The molecule has 2 N–H and O–H groups in total. The largest absolute Gasteiger partial charge is 0.343 e. The molecule has 0 bridgehead atoms. The number of hydrogen-bond donors (Lipinski definition) is 1. The standard InChI is InChI=1S/C17H35N3O/c1-4-19(5-2)12-9-13-20(6-3)17(21)16-11-8-7-10-15(16)14-18/h15-16H,4-14,18H2,1-3H3. The van der Waals surface area contributed by atoms with Crippen molar-refractivity contribution >= 4 is 5.91 Å². The molecule has 0 spiro atoms. The van der Waals surface area contributed by atoms with Gasteiger partial charge in [0.1, 0.15) is 0 Å². The van der Waals surface area contributed by atoms with Crippen LogP contribution in [0.3, 0.4) is 0 Å². The summed E-state index contributed by atoms with van der Waals surface area (Å²) >= 11 is 0. The smallest absolute Gasteiger partial charge is 0.225 e. The van der Waals surface area contributed by atoms with Gasteiger partial charge in [0.2, 0.25) is 5.91 Å². The zero-order chi connectivity index (χ0) is 15.7. The van der Waals surface area contributed by atoms with Gasteiger partial charge in [-0.1, -0.05) is 26.7 Å². The molecule has 1 saturated carbocycles. The van der Waals surface area contributed by atoms with Crippen molar-refractivity contribution in [2.75, 3.05) is 39.3 Å². The second-order valence-electron chi connectivity index (χ2n) is 6.19. The first-order chi connectivity index (χ1) is 10.2. The van der Waals surface area contributed by atoms with E-state index in [0.717, 1.165) is 52.0 Å². The average Bonchev–Trinajstić information content (AvgIpc) is 2.54. The van der Waals surface area contributed by atoms with Gasteiger partial charge in [0.05, 0.1) is 0 Å². The van der Waals surface area contributed by atoms with Crippen molar-refractivity contribution in [1.82, 2.24) is 9.80 Å². The van der Waals surface area contributed by atoms with Crippen LogP contribution in [-0.2, 0) is 4.79 Å². The molecule has 2 atom stereocenters. The number of rotatable bonds is 9. The van der Waals surface area contributed by atoms with Crippen molar-refractivity contribution in [2.45, 2.75) is 52.9 Å². The fraction of sp³-hybridized carbons (Fsp3) is 0.941. The third-order valence-electron chi connectivity index (χ3n) is 5.02. The maximum absolute atomic E-state index is 12.8. The van der Waals surface area contributed by atoms with Gasteiger partial charge in [0.15, 0.2) is 0 Å². The van der Waals surface area contributed by atoms with E-state index < -0.39 is 0 Å². The molecule has 0 aromatic carbocycles. The van der Waals surface area contributed by atoms with Crippen molar-refractivity contribution in [2.24, 2.45) is 17.6 Å². The quantitative estimate of drug-likeness (QED) is 0.710. The Morgan fingerprint density at radius 3 is 2.29 bits per heavy atom. The van der Waals surface area contributed by atoms with Crippen molar-refractivity contribution < 1.29 is 4.79 Å². The highest BCUT2D eigenvalue weighted by atomic mass is 16.2. The Labute approximate surface area is 131 Å². The zero-order valence-corrected chi connectivity index (χ0v) is 14.3. The molecule has 1 rings (SSSR count). The summed E-state index contributed by atoms with van der Waals surface area (Å²) in [7, 11) is 0. The lowest BCUT2D eigenvalue weighted by Gasteiger charge is -2.34. The molecule has 0 aromatic heterocycles. The molecule has 4 nitrogen and oxygen atoms in total. The Morgan fingerprint density at radius 1 is 1.05 bits per heavy atom. The number of carbonyl (C=O) groups excluding carboxylic acids is 1. The second-order valence-corrected chi connectivity index (χ2v) is 6.19. The van der Waals surface area contributed by atoms with E-state index >= 15 is 0 Å². The van der Waals surface area contributed by atoms with Crippen LogP contribution in [0.2, 0.25) is 0 Å². The first-order valence-electron chi connectivity index (χ1n) is 8.89. The molecule has 0 heterocycles. The van der Waals surface area contributed by atoms with Crippen LogP contribution in [0.15, 0.2) is 0 Å². The Balaban J connectivity index is 2.48. The van der Waals surface area contributed by atoms with Crippen LogP contribution in [0.1, 0.15) is 52.9 Å². The Bertz CT molecular complexity index is 292. The van der Waals surface area contributed by atoms with Gasteiger partial charge >= 0.3 is 0 Å². The number of amides is 1. The molecule has 124 valence electrons. The normalized spacial score (nSPS) is 22.5. The van der Waals surface area contributed by atoms with Crippen LogP contribution in [0, 0.1) is 11.8 Å². The van der Waals surface area contributed by atoms with Gasteiger partial charge in [-0.05, 0) is 58.3 Å². The predicted molar refractivity (Wildman–Crippen MR) is 89.2 cm³/mol. The summed E-state index contributed by atoms with van der Waals surface area (Å²) in [6.45, 7) is 12.1. The van der Waals surface area contributed by atoms with E-state index in [0.29, 0.717) is 18.4 Å². The monoisotopic (exact) mass is 297 g/mol. The number of carbonyl (C=O) groups is 1. The lowest BCUT2D eigenvalue weighted by Crippen LogP contribution is -2.43. The topological polar surface area (TPSA) is 49.6 Å². The van der Waals surface area contributed by atoms with Gasteiger partial charge in [-0.15, -0.1) is 0 Å². The highest BCUT2D eigenvalue weighted by molar-refractivity contribution is 5.79. The van der Waals surface area contributed by atoms with E-state index in [-0.39, 0.29) is 5.92 Å². The van der Waals surface area contributed by atoms with Crippen molar-refractivity contribution in [3.8, 4) is 0 Å². The van der Waals surface area contributed by atoms with Gasteiger partial charge in [0, 0.05) is 19.0 Å². The van der Waals surface area contributed by atoms with E-state index in [1.165, 1.54) is 12.8 Å². The number of nitrogens with two attached hydrogens (primary N) is 1. The summed E-state index contributed by atoms with van der Waals surface area (Å²) in [5, 5.41) is 0. The lowest BCUT2D eigenvalue weighted by molar-refractivity contribution is -0.138. The van der Waals surface area contributed by atoms with Crippen LogP contribution in [0.25, 0.3) is 0 Å². The summed E-state index contributed by atoms with van der Waals surface area (Å²) in [6.07, 6.45) is 5.65. The molecule has 0 radical (unpaired) electrons. The Kier molecular flexibility index (Phi) is 8.93. The summed E-state index contributed by atoms with van der Waals surface area (Å²) in [5.74, 6) is 0.937. The predicted octanol–water partition coefficient (Wildman–Crippen LogP) is 2.33. The van der Waals surface area contributed by atoms with E-state index in [1.807, 2.05) is 0 Å². The van der Waals surface area contributed by atoms with E-state index in [4.69, 9.17) is 5.73 Å². The third-order valence-corrected chi connectivity index (χ3v) is 5.02. The molecule has 1 amide bonds. The van der Waals surface area contributed by atoms with E-state index in [1.54, 1.807) is 0 Å². The molecule has 21 heavy (non-hydrogen) atoms. The molecule has 1 aliphatic carbocycles. The number of nitrogens with zero attached hydrogens (tertiary/aromatic N) is 2. The molecule has 0 aromatic rings. The van der Waals surface area contributed by atoms with Gasteiger partial charge in [-0.2, -0.15) is 0 Å². The van der Waals surface area contributed by atoms with Gasteiger partial charge in [0.25, 0.3) is 0 Å². The second kappa shape index (κ2) is 10.2. The number of hydrogen-bond acceptors (Lipinski definition) is 3. The SMILES string of the molecule is CCN(CC)CCCN(CC)C(=O)C1CCCCC1CN. The summed E-state index contributed by atoms with van der Waals surface area (Å²) in [5.41, 5.74) is 5.87. The van der Waals surface area contributed by atoms with Crippen LogP contribution in [-0.4, -0.2) is 55.0 Å². The van der Waals surface area contributed by atoms with Crippen molar-refractivity contribution in [3.05, 3.63) is 0 Å². The van der Waals surface area contributed by atoms with Gasteiger partial charge in [-0.3, -0.25) is 4.79 Å². The fourth-order valence-corrected chi connectivity index (χ4v) is 3.50. The molecule has 1 fully saturated rings. The van der Waals surface area contributed by atoms with Crippen LogP contribution >= 0.6 is 0 Å². The zero-order valence-electron chi connectivity index (χ0n) is 14.3. The highest BCUT2D eigenvalue weighted by Crippen LogP contribution is 2.30. The minimum atomic E-state index is 0.178. The maximum Gasteiger partial charge on any atom is 0.225 e. The molecule has 0 saturated heterocycles. The fourth-order valence-electron chi connectivity index (χ4n) is 3.50. The lowest BCUT2D eigenvalue weighted by atomic mass is 9.78. The van der Waals surface area contributed by atoms with Crippen molar-refractivity contribution in [1.29, 1.82) is 0 Å². The van der Waals surface area contributed by atoms with Crippen molar-refractivity contribution in [3.63, 3.8) is 0 Å².